The summed E-state index contributed by atoms with van der Waals surface area (Å²) in [7, 11) is 0. The summed E-state index contributed by atoms with van der Waals surface area (Å²) in [6.45, 7) is 0.714. The van der Waals surface area contributed by atoms with Crippen molar-refractivity contribution in [1.82, 2.24) is 15.0 Å². The molecule has 8 heteroatoms. The molecule has 1 aliphatic rings. The van der Waals surface area contributed by atoms with E-state index in [0.29, 0.717) is 24.4 Å². The van der Waals surface area contributed by atoms with Crippen LogP contribution in [-0.4, -0.2) is 44.7 Å². The third-order valence-electron chi connectivity index (χ3n) is 3.54. The predicted molar refractivity (Wildman–Crippen MR) is 80.5 cm³/mol. The molecule has 0 radical (unpaired) electrons. The predicted octanol–water partition coefficient (Wildman–Crippen LogP) is 1.47. The van der Waals surface area contributed by atoms with E-state index in [-0.39, 0.29) is 17.7 Å². The molecule has 8 nitrogen and oxygen atoms in total. The SMILES string of the molecule is O=C(CC1CCCO1)Nc1cccc(-n2cc(C(=O)O)nn2)c1. The third-order valence-corrected chi connectivity index (χ3v) is 3.54. The minimum absolute atomic E-state index is 0.00776. The van der Waals surface area contributed by atoms with Gasteiger partial charge in [-0.3, -0.25) is 4.79 Å². The summed E-state index contributed by atoms with van der Waals surface area (Å²) in [5.74, 6) is -1.25. The zero-order valence-corrected chi connectivity index (χ0v) is 12.3. The lowest BCUT2D eigenvalue weighted by Gasteiger charge is -2.10. The number of benzene rings is 1. The average Bonchev–Trinajstić information content (AvgIpc) is 3.18. The van der Waals surface area contributed by atoms with Crippen LogP contribution >= 0.6 is 0 Å². The molecule has 1 aromatic heterocycles. The molecule has 1 saturated heterocycles. The largest absolute Gasteiger partial charge is 0.476 e. The maximum atomic E-state index is 12.0. The lowest BCUT2D eigenvalue weighted by molar-refractivity contribution is -0.118. The van der Waals surface area contributed by atoms with Gasteiger partial charge in [-0.15, -0.1) is 5.10 Å². The van der Waals surface area contributed by atoms with Gasteiger partial charge < -0.3 is 15.2 Å². The summed E-state index contributed by atoms with van der Waals surface area (Å²) in [5, 5.41) is 19.0. The van der Waals surface area contributed by atoms with Crippen LogP contribution in [0.4, 0.5) is 5.69 Å². The van der Waals surface area contributed by atoms with Gasteiger partial charge in [-0.1, -0.05) is 11.3 Å². The van der Waals surface area contributed by atoms with E-state index in [2.05, 4.69) is 15.6 Å². The van der Waals surface area contributed by atoms with Gasteiger partial charge in [0, 0.05) is 12.3 Å². The molecule has 2 heterocycles. The second kappa shape index (κ2) is 6.57. The van der Waals surface area contributed by atoms with Gasteiger partial charge in [0.1, 0.15) is 0 Å². The average molecular weight is 316 g/mol. The number of hydrogen-bond donors (Lipinski definition) is 2. The molecule has 1 aliphatic heterocycles. The van der Waals surface area contributed by atoms with Gasteiger partial charge in [0.15, 0.2) is 5.69 Å². The number of aromatic carboxylic acids is 1. The fraction of sp³-hybridized carbons (Fsp3) is 0.333. The number of hydrogen-bond acceptors (Lipinski definition) is 5. The first-order chi connectivity index (χ1) is 11.1. The molecule has 2 N–H and O–H groups in total. The van der Waals surface area contributed by atoms with E-state index >= 15 is 0 Å². The summed E-state index contributed by atoms with van der Waals surface area (Å²) < 4.78 is 6.79. The van der Waals surface area contributed by atoms with Gasteiger partial charge in [0.2, 0.25) is 5.91 Å². The Balaban J connectivity index is 1.68. The van der Waals surface area contributed by atoms with Crippen LogP contribution in [0, 0.1) is 0 Å². The van der Waals surface area contributed by atoms with Crippen LogP contribution in [0.1, 0.15) is 29.8 Å². The molecule has 120 valence electrons. The normalized spacial score (nSPS) is 17.1. The van der Waals surface area contributed by atoms with E-state index < -0.39 is 5.97 Å². The number of carbonyl (C=O) groups excluding carboxylic acids is 1. The highest BCUT2D eigenvalue weighted by Crippen LogP contribution is 2.18. The number of carbonyl (C=O) groups is 2. The van der Waals surface area contributed by atoms with Crippen LogP contribution in [-0.2, 0) is 9.53 Å². The molecular weight excluding hydrogens is 300 g/mol. The van der Waals surface area contributed by atoms with Gasteiger partial charge >= 0.3 is 5.97 Å². The van der Waals surface area contributed by atoms with Crippen molar-refractivity contribution >= 4 is 17.6 Å². The molecule has 1 aromatic carbocycles. The van der Waals surface area contributed by atoms with Crippen LogP contribution < -0.4 is 5.32 Å². The molecule has 0 aliphatic carbocycles. The van der Waals surface area contributed by atoms with E-state index in [1.165, 1.54) is 10.9 Å². The zero-order valence-electron chi connectivity index (χ0n) is 12.3. The highest BCUT2D eigenvalue weighted by atomic mass is 16.5. The van der Waals surface area contributed by atoms with E-state index in [0.717, 1.165) is 12.8 Å². The minimum Gasteiger partial charge on any atom is -0.476 e. The molecule has 1 atom stereocenters. The molecule has 0 spiro atoms. The standard InChI is InChI=1S/C15H16N4O4/c20-14(8-12-5-2-6-23-12)16-10-3-1-4-11(7-10)19-9-13(15(21)22)17-18-19/h1,3-4,7,9,12H,2,5-6,8H2,(H,16,20)(H,21,22). The number of aromatic nitrogens is 3. The Kier molecular flexibility index (Phi) is 4.33. The first-order valence-corrected chi connectivity index (χ1v) is 7.29. The molecule has 1 amide bonds. The lowest BCUT2D eigenvalue weighted by Crippen LogP contribution is -2.19. The molecule has 1 unspecified atom stereocenters. The van der Waals surface area contributed by atoms with Crippen molar-refractivity contribution in [2.45, 2.75) is 25.4 Å². The maximum absolute atomic E-state index is 12.0. The highest BCUT2D eigenvalue weighted by molar-refractivity contribution is 5.91. The highest BCUT2D eigenvalue weighted by Gasteiger charge is 2.19. The van der Waals surface area contributed by atoms with E-state index in [9.17, 15) is 9.59 Å². The summed E-state index contributed by atoms with van der Waals surface area (Å²) in [6, 6.07) is 6.95. The number of carboxylic acid groups (broad SMARTS) is 1. The van der Waals surface area contributed by atoms with Crippen LogP contribution in [0.2, 0.25) is 0 Å². The fourth-order valence-electron chi connectivity index (χ4n) is 2.44. The van der Waals surface area contributed by atoms with Gasteiger partial charge in [-0.05, 0) is 31.0 Å². The Hall–Kier alpha value is -2.74. The monoisotopic (exact) mass is 316 g/mol. The quantitative estimate of drug-likeness (QED) is 0.865. The van der Waals surface area contributed by atoms with Gasteiger partial charge in [-0.2, -0.15) is 0 Å². The van der Waals surface area contributed by atoms with Gasteiger partial charge in [-0.25, -0.2) is 9.48 Å². The smallest absolute Gasteiger partial charge is 0.358 e. The second-order valence-corrected chi connectivity index (χ2v) is 5.29. The van der Waals surface area contributed by atoms with E-state index in [1.54, 1.807) is 24.3 Å². The Morgan fingerprint density at radius 1 is 1.43 bits per heavy atom. The molecular formula is C15H16N4O4. The Bertz CT molecular complexity index is 722. The zero-order chi connectivity index (χ0) is 16.2. The van der Waals surface area contributed by atoms with Crippen LogP contribution in [0.5, 0.6) is 0 Å². The minimum atomic E-state index is -1.14. The second-order valence-electron chi connectivity index (χ2n) is 5.29. The topological polar surface area (TPSA) is 106 Å². The van der Waals surface area contributed by atoms with Crippen LogP contribution in [0.3, 0.4) is 0 Å². The number of nitrogens with one attached hydrogen (secondary N) is 1. The summed E-state index contributed by atoms with van der Waals surface area (Å²) in [6.07, 6.45) is 3.54. The van der Waals surface area contributed by atoms with Crippen molar-refractivity contribution in [1.29, 1.82) is 0 Å². The molecule has 1 fully saturated rings. The number of carboxylic acids is 1. The number of amides is 1. The van der Waals surface area contributed by atoms with Crippen molar-refractivity contribution in [3.63, 3.8) is 0 Å². The van der Waals surface area contributed by atoms with Gasteiger partial charge in [0.05, 0.1) is 24.4 Å². The number of rotatable bonds is 5. The van der Waals surface area contributed by atoms with Crippen molar-refractivity contribution in [2.75, 3.05) is 11.9 Å². The summed E-state index contributed by atoms with van der Waals surface area (Å²) in [5.41, 5.74) is 1.08. The van der Waals surface area contributed by atoms with Crippen molar-refractivity contribution < 1.29 is 19.4 Å². The summed E-state index contributed by atoms with van der Waals surface area (Å²) in [4.78, 5) is 22.8. The fourth-order valence-corrected chi connectivity index (χ4v) is 2.44. The first kappa shape index (κ1) is 15.2. The van der Waals surface area contributed by atoms with Crippen molar-refractivity contribution in [2.24, 2.45) is 0 Å². The van der Waals surface area contributed by atoms with Crippen molar-refractivity contribution in [3.05, 3.63) is 36.2 Å². The molecule has 3 rings (SSSR count). The van der Waals surface area contributed by atoms with Crippen LogP contribution in [0.25, 0.3) is 5.69 Å². The lowest BCUT2D eigenvalue weighted by atomic mass is 10.1. The van der Waals surface area contributed by atoms with Crippen LogP contribution in [0.15, 0.2) is 30.5 Å². The number of anilines is 1. The maximum Gasteiger partial charge on any atom is 0.358 e. The first-order valence-electron chi connectivity index (χ1n) is 7.29. The molecule has 0 saturated carbocycles. The van der Waals surface area contributed by atoms with Gasteiger partial charge in [0.25, 0.3) is 0 Å². The van der Waals surface area contributed by atoms with E-state index in [1.807, 2.05) is 0 Å². The Morgan fingerprint density at radius 3 is 3.00 bits per heavy atom. The van der Waals surface area contributed by atoms with Crippen molar-refractivity contribution in [3.8, 4) is 5.69 Å². The molecule has 2 aromatic rings. The molecule has 23 heavy (non-hydrogen) atoms. The Labute approximate surface area is 132 Å². The third kappa shape index (κ3) is 3.72. The Morgan fingerprint density at radius 2 is 2.30 bits per heavy atom. The number of nitrogens with zero attached hydrogens (tertiary/aromatic N) is 3. The van der Waals surface area contributed by atoms with E-state index in [4.69, 9.17) is 9.84 Å². The number of ether oxygens (including phenoxy) is 1. The molecule has 0 bridgehead atoms. The summed E-state index contributed by atoms with van der Waals surface area (Å²) >= 11 is 0.